The van der Waals surface area contributed by atoms with Crippen molar-refractivity contribution < 1.29 is 9.59 Å². The summed E-state index contributed by atoms with van der Waals surface area (Å²) in [7, 11) is 0. The standard InChI is InChI=1S/C17H28N2O2/c1-17(2)10-6-9-13(17)19-11-14(20)18-15(16(19)21)12-7-4-3-5-8-12/h12-13,15H,3-11H2,1-2H3,(H,18,20). The summed E-state index contributed by atoms with van der Waals surface area (Å²) in [5.41, 5.74) is 0.143. The number of rotatable bonds is 2. The van der Waals surface area contributed by atoms with Gasteiger partial charge in [-0.3, -0.25) is 9.59 Å². The molecule has 3 aliphatic rings. The van der Waals surface area contributed by atoms with Crippen molar-refractivity contribution in [2.24, 2.45) is 11.3 Å². The molecule has 3 rings (SSSR count). The van der Waals surface area contributed by atoms with Crippen molar-refractivity contribution >= 4 is 11.8 Å². The maximum absolute atomic E-state index is 13.0. The molecule has 0 radical (unpaired) electrons. The van der Waals surface area contributed by atoms with E-state index >= 15 is 0 Å². The Morgan fingerprint density at radius 3 is 2.38 bits per heavy atom. The van der Waals surface area contributed by atoms with Gasteiger partial charge in [0.15, 0.2) is 0 Å². The van der Waals surface area contributed by atoms with Crippen LogP contribution in [0.1, 0.15) is 65.2 Å². The average Bonchev–Trinajstić information content (AvgIpc) is 2.81. The van der Waals surface area contributed by atoms with Crippen LogP contribution in [0.2, 0.25) is 0 Å². The summed E-state index contributed by atoms with van der Waals surface area (Å²) in [6.07, 6.45) is 9.18. The maximum Gasteiger partial charge on any atom is 0.246 e. The minimum atomic E-state index is -0.261. The molecular formula is C17H28N2O2. The summed E-state index contributed by atoms with van der Waals surface area (Å²) < 4.78 is 0. The topological polar surface area (TPSA) is 49.4 Å². The highest BCUT2D eigenvalue weighted by Gasteiger charge is 2.46. The van der Waals surface area contributed by atoms with Gasteiger partial charge in [-0.1, -0.05) is 39.5 Å². The number of hydrogen-bond acceptors (Lipinski definition) is 2. The van der Waals surface area contributed by atoms with Gasteiger partial charge in [-0.2, -0.15) is 0 Å². The minimum absolute atomic E-state index is 0.0351. The fourth-order valence-electron chi connectivity index (χ4n) is 4.63. The second kappa shape index (κ2) is 5.62. The van der Waals surface area contributed by atoms with Crippen molar-refractivity contribution in [3.63, 3.8) is 0 Å². The van der Waals surface area contributed by atoms with E-state index in [0.29, 0.717) is 5.92 Å². The third-order valence-electron chi connectivity index (χ3n) is 5.88. The van der Waals surface area contributed by atoms with Gasteiger partial charge >= 0.3 is 0 Å². The van der Waals surface area contributed by atoms with E-state index in [9.17, 15) is 9.59 Å². The Balaban J connectivity index is 1.78. The Morgan fingerprint density at radius 2 is 1.76 bits per heavy atom. The highest BCUT2D eigenvalue weighted by Crippen LogP contribution is 2.41. The van der Waals surface area contributed by atoms with Crippen LogP contribution in [0.15, 0.2) is 0 Å². The van der Waals surface area contributed by atoms with Crippen LogP contribution in [-0.2, 0) is 9.59 Å². The van der Waals surface area contributed by atoms with E-state index in [4.69, 9.17) is 0 Å². The lowest BCUT2D eigenvalue weighted by atomic mass is 9.81. The highest BCUT2D eigenvalue weighted by molar-refractivity contribution is 5.95. The van der Waals surface area contributed by atoms with Gasteiger partial charge in [0.1, 0.15) is 6.04 Å². The van der Waals surface area contributed by atoms with E-state index in [1.807, 2.05) is 4.90 Å². The molecule has 2 amide bonds. The van der Waals surface area contributed by atoms with E-state index in [0.717, 1.165) is 32.1 Å². The molecule has 1 saturated heterocycles. The molecule has 2 atom stereocenters. The van der Waals surface area contributed by atoms with Crippen LogP contribution in [0.5, 0.6) is 0 Å². The molecule has 3 fully saturated rings. The Kier molecular flexibility index (Phi) is 3.98. The predicted octanol–water partition coefficient (Wildman–Crippen LogP) is 2.47. The molecule has 0 spiro atoms. The Hall–Kier alpha value is -1.06. The highest BCUT2D eigenvalue weighted by atomic mass is 16.2. The predicted molar refractivity (Wildman–Crippen MR) is 81.6 cm³/mol. The number of carbonyl (C=O) groups excluding carboxylic acids is 2. The molecule has 1 N–H and O–H groups in total. The number of nitrogens with one attached hydrogen (secondary N) is 1. The van der Waals surface area contributed by atoms with Gasteiger partial charge in [-0.25, -0.2) is 0 Å². The Labute approximate surface area is 127 Å². The molecule has 2 unspecified atom stereocenters. The number of hydrogen-bond donors (Lipinski definition) is 1. The lowest BCUT2D eigenvalue weighted by molar-refractivity contribution is -0.150. The Morgan fingerprint density at radius 1 is 1.05 bits per heavy atom. The molecule has 4 nitrogen and oxygen atoms in total. The smallest absolute Gasteiger partial charge is 0.246 e. The zero-order valence-corrected chi connectivity index (χ0v) is 13.4. The fraction of sp³-hybridized carbons (Fsp3) is 0.882. The van der Waals surface area contributed by atoms with Crippen LogP contribution >= 0.6 is 0 Å². The van der Waals surface area contributed by atoms with Crippen LogP contribution in [-0.4, -0.2) is 35.3 Å². The summed E-state index contributed by atoms with van der Waals surface area (Å²) in [4.78, 5) is 27.0. The lowest BCUT2D eigenvalue weighted by Crippen LogP contribution is -2.64. The van der Waals surface area contributed by atoms with Gasteiger partial charge in [0.25, 0.3) is 0 Å². The van der Waals surface area contributed by atoms with Crippen molar-refractivity contribution in [2.45, 2.75) is 77.3 Å². The van der Waals surface area contributed by atoms with E-state index in [-0.39, 0.29) is 35.9 Å². The van der Waals surface area contributed by atoms with Gasteiger partial charge in [-0.15, -0.1) is 0 Å². The van der Waals surface area contributed by atoms with Gasteiger partial charge < -0.3 is 10.2 Å². The third kappa shape index (κ3) is 2.82. The maximum atomic E-state index is 13.0. The lowest BCUT2D eigenvalue weighted by Gasteiger charge is -2.44. The molecule has 1 heterocycles. The third-order valence-corrected chi connectivity index (χ3v) is 5.88. The summed E-state index contributed by atoms with van der Waals surface area (Å²) in [5, 5.41) is 2.99. The van der Waals surface area contributed by atoms with E-state index < -0.39 is 0 Å². The quantitative estimate of drug-likeness (QED) is 0.850. The van der Waals surface area contributed by atoms with E-state index in [2.05, 4.69) is 19.2 Å². The van der Waals surface area contributed by atoms with Crippen molar-refractivity contribution in [2.75, 3.05) is 6.54 Å². The zero-order chi connectivity index (χ0) is 15.0. The largest absolute Gasteiger partial charge is 0.342 e. The summed E-state index contributed by atoms with van der Waals surface area (Å²) in [5.74, 6) is 0.567. The second-order valence-electron chi connectivity index (χ2n) is 7.81. The monoisotopic (exact) mass is 292 g/mol. The number of carbonyl (C=O) groups is 2. The molecule has 21 heavy (non-hydrogen) atoms. The van der Waals surface area contributed by atoms with E-state index in [1.54, 1.807) is 0 Å². The van der Waals surface area contributed by atoms with E-state index in [1.165, 1.54) is 19.3 Å². The number of nitrogens with zero attached hydrogens (tertiary/aromatic N) is 1. The molecule has 2 saturated carbocycles. The number of piperazine rings is 1. The van der Waals surface area contributed by atoms with Gasteiger partial charge in [0, 0.05) is 6.04 Å². The summed E-state index contributed by atoms with van der Waals surface area (Å²) >= 11 is 0. The molecule has 2 aliphatic carbocycles. The fourth-order valence-corrected chi connectivity index (χ4v) is 4.63. The van der Waals surface area contributed by atoms with Crippen LogP contribution in [0.4, 0.5) is 0 Å². The van der Waals surface area contributed by atoms with Gasteiger partial charge in [-0.05, 0) is 37.0 Å². The minimum Gasteiger partial charge on any atom is -0.342 e. The first-order valence-corrected chi connectivity index (χ1v) is 8.59. The molecule has 0 aromatic carbocycles. The number of amides is 2. The van der Waals surface area contributed by atoms with Crippen molar-refractivity contribution in [3.05, 3.63) is 0 Å². The first-order chi connectivity index (χ1) is 9.99. The molecule has 4 heteroatoms. The van der Waals surface area contributed by atoms with Crippen LogP contribution in [0, 0.1) is 11.3 Å². The van der Waals surface area contributed by atoms with Crippen LogP contribution in [0.25, 0.3) is 0 Å². The molecule has 0 bridgehead atoms. The normalized spacial score (nSPS) is 34.1. The zero-order valence-electron chi connectivity index (χ0n) is 13.4. The average molecular weight is 292 g/mol. The second-order valence-corrected chi connectivity index (χ2v) is 7.81. The Bertz CT molecular complexity index is 427. The van der Waals surface area contributed by atoms with Crippen LogP contribution < -0.4 is 5.32 Å². The SMILES string of the molecule is CC1(C)CCCC1N1CC(=O)NC(C2CCCCC2)C1=O. The summed E-state index contributed by atoms with van der Waals surface area (Å²) in [6.45, 7) is 4.73. The van der Waals surface area contributed by atoms with Gasteiger partial charge in [0.2, 0.25) is 11.8 Å². The first kappa shape index (κ1) is 14.9. The van der Waals surface area contributed by atoms with Crippen molar-refractivity contribution in [1.29, 1.82) is 0 Å². The first-order valence-electron chi connectivity index (χ1n) is 8.59. The van der Waals surface area contributed by atoms with Crippen LogP contribution in [0.3, 0.4) is 0 Å². The summed E-state index contributed by atoms with van der Waals surface area (Å²) in [6, 6.07) is -0.0231. The molecule has 0 aromatic rings. The molecular weight excluding hydrogens is 264 g/mol. The molecule has 0 aromatic heterocycles. The van der Waals surface area contributed by atoms with Crippen molar-refractivity contribution in [1.82, 2.24) is 10.2 Å². The van der Waals surface area contributed by atoms with Gasteiger partial charge in [0.05, 0.1) is 6.54 Å². The molecule has 1 aliphatic heterocycles. The molecule has 118 valence electrons. The van der Waals surface area contributed by atoms with Crippen molar-refractivity contribution in [3.8, 4) is 0 Å².